The Hall–Kier alpha value is -1.63. The zero-order valence-corrected chi connectivity index (χ0v) is 12.5. The molecule has 2 fully saturated rings. The summed E-state index contributed by atoms with van der Waals surface area (Å²) in [6.07, 6.45) is -0.142. The Morgan fingerprint density at radius 1 is 0.905 bits per heavy atom. The van der Waals surface area contributed by atoms with E-state index in [-0.39, 0.29) is 6.04 Å². The molecule has 4 atom stereocenters. The van der Waals surface area contributed by atoms with Gasteiger partial charge >= 0.3 is 17.9 Å². The van der Waals surface area contributed by atoms with Crippen LogP contribution in [0.15, 0.2) is 0 Å². The van der Waals surface area contributed by atoms with Crippen molar-refractivity contribution in [3.63, 3.8) is 0 Å². The van der Waals surface area contributed by atoms with Crippen molar-refractivity contribution in [2.24, 2.45) is 0 Å². The molecule has 0 aliphatic carbocycles. The SMILES string of the molecule is CC(=O)O[C@H]1[C@H](OC(C)=O)[C@H](OC(C)=O)CN2CCC[C@H]12. The molecule has 2 aliphatic heterocycles. The van der Waals surface area contributed by atoms with Crippen LogP contribution in [-0.4, -0.2) is 60.3 Å². The van der Waals surface area contributed by atoms with E-state index >= 15 is 0 Å². The zero-order valence-electron chi connectivity index (χ0n) is 12.5. The highest BCUT2D eigenvalue weighted by molar-refractivity contribution is 5.68. The Balaban J connectivity index is 2.25. The van der Waals surface area contributed by atoms with Crippen LogP contribution < -0.4 is 0 Å². The Labute approximate surface area is 123 Å². The van der Waals surface area contributed by atoms with Crippen LogP contribution in [-0.2, 0) is 28.6 Å². The molecule has 7 nitrogen and oxygen atoms in total. The molecule has 0 aromatic carbocycles. The first kappa shape index (κ1) is 15.8. The van der Waals surface area contributed by atoms with Crippen molar-refractivity contribution in [2.45, 2.75) is 58.0 Å². The number of nitrogens with zero attached hydrogens (tertiary/aromatic N) is 1. The molecule has 0 saturated carbocycles. The second-order valence-corrected chi connectivity index (χ2v) is 5.50. The summed E-state index contributed by atoms with van der Waals surface area (Å²) in [4.78, 5) is 36.1. The predicted octanol–water partition coefficient (Wildman–Crippen LogP) is 0.260. The van der Waals surface area contributed by atoms with Crippen molar-refractivity contribution in [2.75, 3.05) is 13.1 Å². The molecule has 0 aromatic heterocycles. The number of hydrogen-bond acceptors (Lipinski definition) is 7. The van der Waals surface area contributed by atoms with Crippen LogP contribution in [0.3, 0.4) is 0 Å². The van der Waals surface area contributed by atoms with E-state index in [1.54, 1.807) is 0 Å². The summed E-state index contributed by atoms with van der Waals surface area (Å²) < 4.78 is 16.0. The standard InChI is InChI=1S/C14H21NO6/c1-8(16)19-12-7-15-6-4-5-11(15)13(20-9(2)17)14(12)21-10(3)18/h11-14H,4-7H2,1-3H3/t11-,12-,13-,14-/m1/s1. The molecular formula is C14H21NO6. The van der Waals surface area contributed by atoms with Crippen LogP contribution in [0.4, 0.5) is 0 Å². The van der Waals surface area contributed by atoms with E-state index in [9.17, 15) is 14.4 Å². The summed E-state index contributed by atoms with van der Waals surface area (Å²) in [5.74, 6) is -1.37. The van der Waals surface area contributed by atoms with Crippen LogP contribution >= 0.6 is 0 Å². The van der Waals surface area contributed by atoms with Gasteiger partial charge in [-0.3, -0.25) is 19.3 Å². The normalized spacial score (nSPS) is 32.1. The van der Waals surface area contributed by atoms with Gasteiger partial charge in [0.05, 0.1) is 6.04 Å². The quantitative estimate of drug-likeness (QED) is 0.546. The lowest BCUT2D eigenvalue weighted by Crippen LogP contribution is -2.62. The van der Waals surface area contributed by atoms with Crippen molar-refractivity contribution >= 4 is 17.9 Å². The fourth-order valence-corrected chi connectivity index (χ4v) is 3.21. The molecule has 2 rings (SSSR count). The van der Waals surface area contributed by atoms with E-state index in [0.717, 1.165) is 19.4 Å². The minimum atomic E-state index is -0.755. The molecule has 0 N–H and O–H groups in total. The summed E-state index contributed by atoms with van der Waals surface area (Å²) in [7, 11) is 0. The van der Waals surface area contributed by atoms with Crippen molar-refractivity contribution < 1.29 is 28.6 Å². The van der Waals surface area contributed by atoms with Gasteiger partial charge in [-0.1, -0.05) is 0 Å². The molecule has 0 aromatic rings. The molecule has 2 saturated heterocycles. The van der Waals surface area contributed by atoms with Gasteiger partial charge < -0.3 is 14.2 Å². The van der Waals surface area contributed by atoms with E-state index in [1.807, 2.05) is 0 Å². The van der Waals surface area contributed by atoms with Crippen LogP contribution in [0.5, 0.6) is 0 Å². The van der Waals surface area contributed by atoms with Crippen molar-refractivity contribution in [3.8, 4) is 0 Å². The van der Waals surface area contributed by atoms with E-state index in [0.29, 0.717) is 6.54 Å². The molecule has 21 heavy (non-hydrogen) atoms. The first-order chi connectivity index (χ1) is 9.88. The van der Waals surface area contributed by atoms with Crippen molar-refractivity contribution in [1.29, 1.82) is 0 Å². The third-order valence-electron chi connectivity index (χ3n) is 3.82. The van der Waals surface area contributed by atoms with Crippen LogP contribution in [0.25, 0.3) is 0 Å². The van der Waals surface area contributed by atoms with Gasteiger partial charge in [0.2, 0.25) is 0 Å². The van der Waals surface area contributed by atoms with Crippen LogP contribution in [0.1, 0.15) is 33.6 Å². The predicted molar refractivity (Wildman–Crippen MR) is 71.3 cm³/mol. The number of carbonyl (C=O) groups is 3. The fraction of sp³-hybridized carbons (Fsp3) is 0.786. The number of hydrogen-bond donors (Lipinski definition) is 0. The third-order valence-corrected chi connectivity index (χ3v) is 3.82. The van der Waals surface area contributed by atoms with Gasteiger partial charge in [-0.2, -0.15) is 0 Å². The Morgan fingerprint density at radius 3 is 2.05 bits per heavy atom. The molecule has 2 heterocycles. The first-order valence-electron chi connectivity index (χ1n) is 7.14. The molecule has 0 amide bonds. The van der Waals surface area contributed by atoms with E-state index in [1.165, 1.54) is 20.8 Å². The number of ether oxygens (including phenoxy) is 3. The van der Waals surface area contributed by atoms with Crippen molar-refractivity contribution in [3.05, 3.63) is 0 Å². The maximum absolute atomic E-state index is 11.4. The number of rotatable bonds is 3. The molecule has 2 aliphatic rings. The highest BCUT2D eigenvalue weighted by atomic mass is 16.6. The number of piperidine rings is 1. The summed E-state index contributed by atoms with van der Waals surface area (Å²) in [6, 6.07) is 0.00468. The topological polar surface area (TPSA) is 82.1 Å². The molecule has 0 unspecified atom stereocenters. The minimum absolute atomic E-state index is 0.00468. The summed E-state index contributed by atoms with van der Waals surface area (Å²) >= 11 is 0. The Bertz CT molecular complexity index is 437. The van der Waals surface area contributed by atoms with Crippen molar-refractivity contribution in [1.82, 2.24) is 4.90 Å². The first-order valence-corrected chi connectivity index (χ1v) is 7.14. The maximum Gasteiger partial charge on any atom is 0.303 e. The monoisotopic (exact) mass is 299 g/mol. The number of fused-ring (bicyclic) bond motifs is 1. The zero-order chi connectivity index (χ0) is 15.6. The van der Waals surface area contributed by atoms with Gasteiger partial charge in [-0.05, 0) is 19.4 Å². The summed E-state index contributed by atoms with van der Waals surface area (Å²) in [5.41, 5.74) is 0. The lowest BCUT2D eigenvalue weighted by Gasteiger charge is -2.44. The highest BCUT2D eigenvalue weighted by Gasteiger charge is 2.50. The second-order valence-electron chi connectivity index (χ2n) is 5.50. The lowest BCUT2D eigenvalue weighted by molar-refractivity contribution is -0.200. The fourth-order valence-electron chi connectivity index (χ4n) is 3.21. The van der Waals surface area contributed by atoms with Gasteiger partial charge in [-0.15, -0.1) is 0 Å². The largest absolute Gasteiger partial charge is 0.457 e. The summed E-state index contributed by atoms with van der Waals surface area (Å²) in [6.45, 7) is 5.25. The average molecular weight is 299 g/mol. The molecule has 0 spiro atoms. The number of esters is 3. The molecule has 0 radical (unpaired) electrons. The van der Waals surface area contributed by atoms with E-state index < -0.39 is 36.2 Å². The Morgan fingerprint density at radius 2 is 1.48 bits per heavy atom. The second kappa shape index (κ2) is 6.43. The molecular weight excluding hydrogens is 278 g/mol. The maximum atomic E-state index is 11.4. The highest BCUT2D eigenvalue weighted by Crippen LogP contribution is 2.32. The van der Waals surface area contributed by atoms with E-state index in [4.69, 9.17) is 14.2 Å². The molecule has 118 valence electrons. The Kier molecular flexibility index (Phi) is 4.82. The van der Waals surface area contributed by atoms with Gasteiger partial charge in [-0.25, -0.2) is 0 Å². The van der Waals surface area contributed by atoms with E-state index in [2.05, 4.69) is 4.90 Å². The average Bonchev–Trinajstić information content (AvgIpc) is 2.79. The molecule has 7 heteroatoms. The molecule has 0 bridgehead atoms. The lowest BCUT2D eigenvalue weighted by atomic mass is 9.93. The smallest absolute Gasteiger partial charge is 0.303 e. The third kappa shape index (κ3) is 3.72. The van der Waals surface area contributed by atoms with Gasteiger partial charge in [0.25, 0.3) is 0 Å². The van der Waals surface area contributed by atoms with Gasteiger partial charge in [0.15, 0.2) is 18.3 Å². The van der Waals surface area contributed by atoms with Gasteiger partial charge in [0, 0.05) is 27.3 Å². The van der Waals surface area contributed by atoms with Gasteiger partial charge in [0.1, 0.15) is 0 Å². The van der Waals surface area contributed by atoms with Crippen LogP contribution in [0, 0.1) is 0 Å². The minimum Gasteiger partial charge on any atom is -0.457 e. The summed E-state index contributed by atoms with van der Waals surface area (Å²) in [5, 5.41) is 0. The van der Waals surface area contributed by atoms with Crippen LogP contribution in [0.2, 0.25) is 0 Å². The number of carbonyl (C=O) groups excluding carboxylic acids is 3.